The van der Waals surface area contributed by atoms with Crippen LogP contribution in [0.4, 0.5) is 0 Å². The second kappa shape index (κ2) is 5.03. The smallest absolute Gasteiger partial charge is 0.104 e. The van der Waals surface area contributed by atoms with Crippen molar-refractivity contribution in [2.75, 3.05) is 13.7 Å². The third kappa shape index (κ3) is 2.96. The molecular weight excluding hydrogens is 106 g/mol. The van der Waals surface area contributed by atoms with E-state index in [1.807, 2.05) is 0 Å². The van der Waals surface area contributed by atoms with Crippen molar-refractivity contribution in [1.82, 2.24) is 5.32 Å². The summed E-state index contributed by atoms with van der Waals surface area (Å²) in [6.45, 7) is 0.987. The molecule has 1 aliphatic rings. The summed E-state index contributed by atoms with van der Waals surface area (Å²) >= 11 is 0. The van der Waals surface area contributed by atoms with E-state index in [0.29, 0.717) is 0 Å². The molecular formula is C5H13NO2. The van der Waals surface area contributed by atoms with Gasteiger partial charge in [0.1, 0.15) is 6.23 Å². The Hall–Kier alpha value is -0.120. The third-order valence-electron chi connectivity index (χ3n) is 1.03. The molecule has 3 heteroatoms. The van der Waals surface area contributed by atoms with Crippen LogP contribution in [-0.2, 0) is 0 Å². The second-order valence-corrected chi connectivity index (χ2v) is 1.61. The monoisotopic (exact) mass is 119 g/mol. The Balaban J connectivity index is 0.000000222. The number of aliphatic hydroxyl groups excluding tert-OH is 2. The molecule has 0 amide bonds. The van der Waals surface area contributed by atoms with Gasteiger partial charge in [0.05, 0.1) is 0 Å². The minimum absolute atomic E-state index is 0.204. The maximum Gasteiger partial charge on any atom is 0.104 e. The lowest BCUT2D eigenvalue weighted by atomic mass is 10.4. The van der Waals surface area contributed by atoms with Gasteiger partial charge in [0.2, 0.25) is 0 Å². The molecule has 1 heterocycles. The van der Waals surface area contributed by atoms with E-state index in [-0.39, 0.29) is 6.23 Å². The molecule has 1 fully saturated rings. The maximum absolute atomic E-state index is 8.62. The molecule has 0 radical (unpaired) electrons. The molecule has 3 N–H and O–H groups in total. The molecule has 0 aromatic rings. The third-order valence-corrected chi connectivity index (χ3v) is 1.03. The van der Waals surface area contributed by atoms with Crippen molar-refractivity contribution in [1.29, 1.82) is 0 Å². The van der Waals surface area contributed by atoms with Crippen LogP contribution in [-0.4, -0.2) is 30.1 Å². The zero-order valence-electron chi connectivity index (χ0n) is 5.09. The van der Waals surface area contributed by atoms with Crippen LogP contribution in [0, 0.1) is 0 Å². The first kappa shape index (κ1) is 7.88. The van der Waals surface area contributed by atoms with E-state index in [1.165, 1.54) is 0 Å². The fraction of sp³-hybridized carbons (Fsp3) is 1.00. The second-order valence-electron chi connectivity index (χ2n) is 1.61. The van der Waals surface area contributed by atoms with Gasteiger partial charge in [-0.15, -0.1) is 0 Å². The molecule has 50 valence electrons. The topological polar surface area (TPSA) is 52.5 Å². The minimum Gasteiger partial charge on any atom is -0.400 e. The Morgan fingerprint density at radius 3 is 2.25 bits per heavy atom. The molecule has 8 heavy (non-hydrogen) atoms. The molecule has 0 saturated carbocycles. The Bertz CT molecular complexity index is 43.7. The summed E-state index contributed by atoms with van der Waals surface area (Å²) in [6, 6.07) is 0. The van der Waals surface area contributed by atoms with E-state index in [9.17, 15) is 0 Å². The summed E-state index contributed by atoms with van der Waals surface area (Å²) in [5, 5.41) is 18.5. The summed E-state index contributed by atoms with van der Waals surface area (Å²) in [4.78, 5) is 0. The molecule has 0 aromatic carbocycles. The average Bonchev–Trinajstić information content (AvgIpc) is 2.24. The molecule has 0 spiro atoms. The Morgan fingerprint density at radius 1 is 1.50 bits per heavy atom. The van der Waals surface area contributed by atoms with Crippen LogP contribution in [0.5, 0.6) is 0 Å². The molecule has 1 aliphatic heterocycles. The molecule has 0 aliphatic carbocycles. The van der Waals surface area contributed by atoms with Gasteiger partial charge in [-0.05, 0) is 19.4 Å². The van der Waals surface area contributed by atoms with Gasteiger partial charge in [0.15, 0.2) is 0 Å². The van der Waals surface area contributed by atoms with Crippen LogP contribution in [0.3, 0.4) is 0 Å². The van der Waals surface area contributed by atoms with Crippen LogP contribution in [0.1, 0.15) is 12.8 Å². The Labute approximate surface area is 49.3 Å². The maximum atomic E-state index is 8.62. The van der Waals surface area contributed by atoms with Gasteiger partial charge in [0.25, 0.3) is 0 Å². The van der Waals surface area contributed by atoms with Gasteiger partial charge in [-0.3, -0.25) is 5.32 Å². The van der Waals surface area contributed by atoms with Crippen molar-refractivity contribution >= 4 is 0 Å². The quantitative estimate of drug-likeness (QED) is 0.395. The fourth-order valence-electron chi connectivity index (χ4n) is 0.666. The Morgan fingerprint density at radius 2 is 2.12 bits per heavy atom. The number of nitrogens with one attached hydrogen (secondary N) is 1. The highest BCUT2D eigenvalue weighted by atomic mass is 16.3. The summed E-state index contributed by atoms with van der Waals surface area (Å²) in [5.41, 5.74) is 0. The molecule has 1 atom stereocenters. The highest BCUT2D eigenvalue weighted by molar-refractivity contribution is 4.61. The first-order valence-electron chi connectivity index (χ1n) is 2.76. The largest absolute Gasteiger partial charge is 0.400 e. The lowest BCUT2D eigenvalue weighted by Crippen LogP contribution is -2.19. The molecule has 1 unspecified atom stereocenters. The van der Waals surface area contributed by atoms with Crippen molar-refractivity contribution in [3.63, 3.8) is 0 Å². The fourth-order valence-corrected chi connectivity index (χ4v) is 0.666. The van der Waals surface area contributed by atoms with E-state index in [0.717, 1.165) is 26.5 Å². The number of hydrogen-bond acceptors (Lipinski definition) is 3. The molecule has 0 aromatic heterocycles. The Kier molecular flexibility index (Phi) is 4.95. The zero-order chi connectivity index (χ0) is 6.41. The van der Waals surface area contributed by atoms with Crippen LogP contribution < -0.4 is 5.32 Å². The highest BCUT2D eigenvalue weighted by Gasteiger charge is 2.07. The molecule has 0 bridgehead atoms. The van der Waals surface area contributed by atoms with E-state index >= 15 is 0 Å². The lowest BCUT2D eigenvalue weighted by molar-refractivity contribution is 0.160. The summed E-state index contributed by atoms with van der Waals surface area (Å²) < 4.78 is 0. The standard InChI is InChI=1S/C4H9NO.CH4O/c6-4-2-1-3-5-4;1-2/h4-6H,1-3H2;2H,1H3. The lowest BCUT2D eigenvalue weighted by Gasteiger charge is -1.94. The van der Waals surface area contributed by atoms with Crippen molar-refractivity contribution in [3.8, 4) is 0 Å². The van der Waals surface area contributed by atoms with Gasteiger partial charge in [0, 0.05) is 7.11 Å². The van der Waals surface area contributed by atoms with Crippen molar-refractivity contribution in [2.45, 2.75) is 19.1 Å². The summed E-state index contributed by atoms with van der Waals surface area (Å²) in [5.74, 6) is 0. The summed E-state index contributed by atoms with van der Waals surface area (Å²) in [6.07, 6.45) is 1.85. The van der Waals surface area contributed by atoms with E-state index in [1.54, 1.807) is 0 Å². The first-order valence-corrected chi connectivity index (χ1v) is 2.76. The molecule has 3 nitrogen and oxygen atoms in total. The SMILES string of the molecule is CO.OC1CCCN1. The van der Waals surface area contributed by atoms with Gasteiger partial charge >= 0.3 is 0 Å². The number of rotatable bonds is 0. The van der Waals surface area contributed by atoms with Gasteiger partial charge in [-0.25, -0.2) is 0 Å². The van der Waals surface area contributed by atoms with Crippen LogP contribution in [0.15, 0.2) is 0 Å². The molecule has 1 saturated heterocycles. The van der Waals surface area contributed by atoms with E-state index in [4.69, 9.17) is 10.2 Å². The summed E-state index contributed by atoms with van der Waals surface area (Å²) in [7, 11) is 1.00. The minimum atomic E-state index is -0.204. The van der Waals surface area contributed by atoms with Crippen molar-refractivity contribution in [3.05, 3.63) is 0 Å². The normalized spacial score (nSPS) is 26.6. The number of aliphatic hydroxyl groups is 2. The van der Waals surface area contributed by atoms with Crippen LogP contribution >= 0.6 is 0 Å². The van der Waals surface area contributed by atoms with Crippen LogP contribution in [0.2, 0.25) is 0 Å². The van der Waals surface area contributed by atoms with Gasteiger partial charge < -0.3 is 10.2 Å². The predicted molar refractivity (Wildman–Crippen MR) is 31.4 cm³/mol. The average molecular weight is 119 g/mol. The van der Waals surface area contributed by atoms with Crippen molar-refractivity contribution < 1.29 is 10.2 Å². The van der Waals surface area contributed by atoms with Gasteiger partial charge in [-0.1, -0.05) is 0 Å². The first-order chi connectivity index (χ1) is 3.89. The van der Waals surface area contributed by atoms with E-state index < -0.39 is 0 Å². The highest BCUT2D eigenvalue weighted by Crippen LogP contribution is 1.98. The van der Waals surface area contributed by atoms with Crippen LogP contribution in [0.25, 0.3) is 0 Å². The molecule has 1 rings (SSSR count). The predicted octanol–water partition coefficient (Wildman–Crippen LogP) is -0.703. The number of hydrogen-bond donors (Lipinski definition) is 3. The zero-order valence-corrected chi connectivity index (χ0v) is 5.09. The van der Waals surface area contributed by atoms with Gasteiger partial charge in [-0.2, -0.15) is 0 Å². The van der Waals surface area contributed by atoms with E-state index in [2.05, 4.69) is 5.32 Å². The van der Waals surface area contributed by atoms with Crippen molar-refractivity contribution in [2.24, 2.45) is 0 Å².